The number of amides is 2. The van der Waals surface area contributed by atoms with Crippen LogP contribution >= 0.6 is 0 Å². The Balaban J connectivity index is 1.36. The Kier molecular flexibility index (Phi) is 5.82. The second-order valence-corrected chi connectivity index (χ2v) is 9.34. The minimum absolute atomic E-state index is 0.0914. The summed E-state index contributed by atoms with van der Waals surface area (Å²) in [4.78, 5) is 37.0. The number of primary amides is 1. The van der Waals surface area contributed by atoms with E-state index in [1.807, 2.05) is 6.92 Å². The number of hydrogen-bond acceptors (Lipinski definition) is 8. The average molecular weight is 529 g/mol. The maximum Gasteiger partial charge on any atom is 0.307 e. The van der Waals surface area contributed by atoms with Crippen molar-refractivity contribution in [3.8, 4) is 34.2 Å². The number of hydrogen-bond donors (Lipinski definition) is 2. The van der Waals surface area contributed by atoms with Crippen molar-refractivity contribution in [3.63, 3.8) is 0 Å². The van der Waals surface area contributed by atoms with Crippen molar-refractivity contribution >= 4 is 23.5 Å². The zero-order valence-electron chi connectivity index (χ0n) is 21.1. The first-order valence-electron chi connectivity index (χ1n) is 12.3. The summed E-state index contributed by atoms with van der Waals surface area (Å²) >= 11 is 0. The van der Waals surface area contributed by atoms with Gasteiger partial charge < -0.3 is 30.0 Å². The number of allylic oxidation sites excluding steroid dienone is 3. The Bertz CT molecular complexity index is 1600. The highest BCUT2D eigenvalue weighted by atomic mass is 16.7. The number of benzene rings is 2. The molecule has 39 heavy (non-hydrogen) atoms. The van der Waals surface area contributed by atoms with Crippen LogP contribution in [0.5, 0.6) is 17.2 Å². The molecule has 3 N–H and O–H groups in total. The van der Waals surface area contributed by atoms with Gasteiger partial charge in [-0.25, -0.2) is 4.68 Å². The molecule has 11 heteroatoms. The number of rotatable bonds is 5. The van der Waals surface area contributed by atoms with Crippen molar-refractivity contribution in [2.75, 3.05) is 12.1 Å². The monoisotopic (exact) mass is 528 g/mol. The second kappa shape index (κ2) is 9.35. The van der Waals surface area contributed by atoms with E-state index in [1.54, 1.807) is 59.3 Å². The largest absolute Gasteiger partial charge is 0.488 e. The molecule has 0 fully saturated rings. The second-order valence-electron chi connectivity index (χ2n) is 9.34. The minimum atomic E-state index is -0.683. The summed E-state index contributed by atoms with van der Waals surface area (Å²) in [6.07, 6.45) is 5.15. The molecule has 198 valence electrons. The van der Waals surface area contributed by atoms with E-state index in [-0.39, 0.29) is 30.9 Å². The van der Waals surface area contributed by atoms with Gasteiger partial charge in [0.15, 0.2) is 17.2 Å². The summed E-state index contributed by atoms with van der Waals surface area (Å²) in [7, 11) is 0. The Labute approximate surface area is 222 Å². The van der Waals surface area contributed by atoms with Crippen LogP contribution in [0.15, 0.2) is 60.4 Å². The Hall–Kier alpha value is -5.06. The number of nitrogens with two attached hydrogens (primary N) is 1. The van der Waals surface area contributed by atoms with Gasteiger partial charge in [-0.1, -0.05) is 19.1 Å². The molecular weight excluding hydrogens is 504 g/mol. The first-order chi connectivity index (χ1) is 18.8. The number of ether oxygens (including phenoxy) is 4. The number of carbonyl (C=O) groups is 3. The molecule has 2 aliphatic heterocycles. The number of nitrogens with zero attached hydrogens (tertiary/aromatic N) is 2. The van der Waals surface area contributed by atoms with Gasteiger partial charge in [0.2, 0.25) is 12.7 Å². The van der Waals surface area contributed by atoms with E-state index >= 15 is 0 Å². The van der Waals surface area contributed by atoms with Crippen LogP contribution in [0.3, 0.4) is 0 Å². The third-order valence-corrected chi connectivity index (χ3v) is 6.82. The predicted molar refractivity (Wildman–Crippen MR) is 138 cm³/mol. The van der Waals surface area contributed by atoms with Crippen molar-refractivity contribution in [3.05, 3.63) is 71.6 Å². The molecule has 3 aliphatic rings. The number of anilines is 1. The molecule has 0 spiro atoms. The third kappa shape index (κ3) is 4.27. The van der Waals surface area contributed by atoms with Crippen LogP contribution in [0.1, 0.15) is 29.9 Å². The van der Waals surface area contributed by atoms with Crippen LogP contribution in [-0.4, -0.2) is 34.4 Å². The van der Waals surface area contributed by atoms with E-state index < -0.39 is 17.8 Å². The summed E-state index contributed by atoms with van der Waals surface area (Å²) in [5, 5.41) is 7.46. The van der Waals surface area contributed by atoms with Crippen LogP contribution < -0.4 is 25.3 Å². The van der Waals surface area contributed by atoms with Gasteiger partial charge in [0.05, 0.1) is 17.3 Å². The number of aromatic nitrogens is 2. The molecule has 0 saturated heterocycles. The first kappa shape index (κ1) is 24.3. The van der Waals surface area contributed by atoms with Gasteiger partial charge in [-0.15, -0.1) is 0 Å². The lowest BCUT2D eigenvalue weighted by molar-refractivity contribution is -0.138. The molecule has 0 bridgehead atoms. The lowest BCUT2D eigenvalue weighted by Crippen LogP contribution is -2.30. The quantitative estimate of drug-likeness (QED) is 0.479. The van der Waals surface area contributed by atoms with E-state index in [1.165, 1.54) is 6.92 Å². The summed E-state index contributed by atoms with van der Waals surface area (Å²) in [6, 6.07) is 10.6. The topological polar surface area (TPSA) is 144 Å². The SMILES string of the molecule is CC(=O)OC1=CC=CC(C(=O)Nc2ccc3c(c2)-c2c(c(C(N)=O)nn2-c2ccc4c(c2)OCO4)CO3)C1C. The van der Waals surface area contributed by atoms with Crippen molar-refractivity contribution in [2.45, 2.75) is 20.5 Å². The minimum Gasteiger partial charge on any atom is -0.488 e. The van der Waals surface area contributed by atoms with Gasteiger partial charge in [0, 0.05) is 35.7 Å². The van der Waals surface area contributed by atoms with Gasteiger partial charge in [-0.2, -0.15) is 5.10 Å². The van der Waals surface area contributed by atoms with Crippen LogP contribution in [-0.2, 0) is 20.9 Å². The normalized spacial score (nSPS) is 18.4. The molecule has 2 atom stereocenters. The van der Waals surface area contributed by atoms with Gasteiger partial charge in [0.25, 0.3) is 5.91 Å². The molecule has 1 aliphatic carbocycles. The molecule has 0 radical (unpaired) electrons. The van der Waals surface area contributed by atoms with Crippen molar-refractivity contribution in [2.24, 2.45) is 17.6 Å². The van der Waals surface area contributed by atoms with Crippen molar-refractivity contribution < 1.29 is 33.3 Å². The van der Waals surface area contributed by atoms with Gasteiger partial charge >= 0.3 is 5.97 Å². The molecule has 2 amide bonds. The average Bonchev–Trinajstić information content (AvgIpc) is 3.54. The summed E-state index contributed by atoms with van der Waals surface area (Å²) in [5.74, 6) is -0.117. The molecule has 11 nitrogen and oxygen atoms in total. The molecule has 2 aromatic carbocycles. The number of nitrogens with one attached hydrogen (secondary N) is 1. The molecule has 6 rings (SSSR count). The lowest BCUT2D eigenvalue weighted by Gasteiger charge is -2.25. The maximum absolute atomic E-state index is 13.2. The predicted octanol–water partition coefficient (Wildman–Crippen LogP) is 3.47. The third-order valence-electron chi connectivity index (χ3n) is 6.82. The van der Waals surface area contributed by atoms with Gasteiger partial charge in [0.1, 0.15) is 18.1 Å². The fourth-order valence-corrected chi connectivity index (χ4v) is 4.93. The molecule has 3 heterocycles. The standard InChI is InChI=1S/C28H24N4O7/c1-14-18(4-3-5-21(14)39-15(2)33)28(35)30-16-6-8-22-19(10-16)26-20(12-36-22)25(27(29)34)31-32(26)17-7-9-23-24(11-17)38-13-37-23/h3-11,14,18H,12-13H2,1-2H3,(H2,29,34)(H,30,35). The number of esters is 1. The summed E-state index contributed by atoms with van der Waals surface area (Å²) in [5.41, 5.74) is 8.68. The molecule has 1 aromatic heterocycles. The summed E-state index contributed by atoms with van der Waals surface area (Å²) < 4.78 is 23.7. The van der Waals surface area contributed by atoms with Crippen molar-refractivity contribution in [1.29, 1.82) is 0 Å². The van der Waals surface area contributed by atoms with E-state index in [0.717, 1.165) is 0 Å². The van der Waals surface area contributed by atoms with E-state index in [0.29, 0.717) is 51.2 Å². The zero-order chi connectivity index (χ0) is 27.3. The highest BCUT2D eigenvalue weighted by Gasteiger charge is 2.32. The number of fused-ring (bicyclic) bond motifs is 4. The van der Waals surface area contributed by atoms with Crippen molar-refractivity contribution in [1.82, 2.24) is 9.78 Å². The van der Waals surface area contributed by atoms with Gasteiger partial charge in [-0.05, 0) is 36.4 Å². The maximum atomic E-state index is 13.2. The van der Waals surface area contributed by atoms with Crippen LogP contribution in [0.4, 0.5) is 5.69 Å². The lowest BCUT2D eigenvalue weighted by atomic mass is 9.87. The molecule has 2 unspecified atom stereocenters. The fraction of sp³-hybridized carbons (Fsp3) is 0.214. The Morgan fingerprint density at radius 1 is 1.08 bits per heavy atom. The molecule has 0 saturated carbocycles. The summed E-state index contributed by atoms with van der Waals surface area (Å²) in [6.45, 7) is 3.37. The van der Waals surface area contributed by atoms with E-state index in [2.05, 4.69) is 10.4 Å². The van der Waals surface area contributed by atoms with Crippen LogP contribution in [0.25, 0.3) is 16.9 Å². The Morgan fingerprint density at radius 2 is 1.87 bits per heavy atom. The number of carbonyl (C=O) groups excluding carboxylic acids is 3. The van der Waals surface area contributed by atoms with Crippen LogP contribution in [0, 0.1) is 11.8 Å². The highest BCUT2D eigenvalue weighted by molar-refractivity contribution is 5.97. The zero-order valence-corrected chi connectivity index (χ0v) is 21.1. The van der Waals surface area contributed by atoms with Crippen LogP contribution in [0.2, 0.25) is 0 Å². The molecular formula is C28H24N4O7. The van der Waals surface area contributed by atoms with E-state index in [4.69, 9.17) is 24.7 Å². The van der Waals surface area contributed by atoms with Gasteiger partial charge in [-0.3, -0.25) is 14.4 Å². The first-order valence-corrected chi connectivity index (χ1v) is 12.3. The smallest absolute Gasteiger partial charge is 0.307 e. The fourth-order valence-electron chi connectivity index (χ4n) is 4.93. The van der Waals surface area contributed by atoms with E-state index in [9.17, 15) is 14.4 Å². The molecule has 3 aromatic rings. The Morgan fingerprint density at radius 3 is 2.67 bits per heavy atom. The highest BCUT2D eigenvalue weighted by Crippen LogP contribution is 2.43.